The summed E-state index contributed by atoms with van der Waals surface area (Å²) in [5, 5.41) is 11.7. The summed E-state index contributed by atoms with van der Waals surface area (Å²) in [6.07, 6.45) is 4.04. The van der Waals surface area contributed by atoms with Gasteiger partial charge in [-0.15, -0.1) is 0 Å². The van der Waals surface area contributed by atoms with Crippen molar-refractivity contribution in [3.63, 3.8) is 0 Å². The van der Waals surface area contributed by atoms with Crippen LogP contribution in [0, 0.1) is 0 Å². The third-order valence-electron chi connectivity index (χ3n) is 3.85. The van der Waals surface area contributed by atoms with Crippen molar-refractivity contribution in [1.29, 1.82) is 0 Å². The van der Waals surface area contributed by atoms with Gasteiger partial charge in [-0.2, -0.15) is 0 Å². The van der Waals surface area contributed by atoms with E-state index in [9.17, 15) is 18.9 Å². The largest absolute Gasteiger partial charge is 0.480 e. The molecule has 0 saturated carbocycles. The van der Waals surface area contributed by atoms with Crippen molar-refractivity contribution >= 4 is 22.9 Å². The second-order valence-corrected chi connectivity index (χ2v) is 9.08. The number of carboxylic acids is 1. The highest BCUT2D eigenvalue weighted by Gasteiger charge is 2.25. The van der Waals surface area contributed by atoms with Crippen molar-refractivity contribution < 1.29 is 28.4 Å². The fourth-order valence-electron chi connectivity index (χ4n) is 2.49. The molecule has 2 aromatic rings. The van der Waals surface area contributed by atoms with Crippen LogP contribution in [0.25, 0.3) is 0 Å². The summed E-state index contributed by atoms with van der Waals surface area (Å²) >= 11 is 0. The molecular weight excluding hydrogens is 410 g/mol. The molecule has 30 heavy (non-hydrogen) atoms. The third-order valence-corrected chi connectivity index (χ3v) is 4.79. The van der Waals surface area contributed by atoms with E-state index in [2.05, 4.69) is 10.3 Å². The quantitative estimate of drug-likeness (QED) is 0.618. The van der Waals surface area contributed by atoms with Crippen molar-refractivity contribution in [2.45, 2.75) is 57.1 Å². The first-order valence-electron chi connectivity index (χ1n) is 9.26. The van der Waals surface area contributed by atoms with Crippen LogP contribution in [0.2, 0.25) is 0 Å². The van der Waals surface area contributed by atoms with Crippen LogP contribution < -0.4 is 5.32 Å². The highest BCUT2D eigenvalue weighted by Crippen LogP contribution is 2.10. The maximum Gasteiger partial charge on any atom is 0.408 e. The molecule has 0 radical (unpaired) electrons. The molecule has 0 bridgehead atoms. The van der Waals surface area contributed by atoms with E-state index < -0.39 is 34.5 Å². The monoisotopic (exact) mass is 437 g/mol. The SMILES string of the molecule is CS(=O)c1ccc(COCn2cnc(C[C@H](NC(=O)OC(C)(C)C)C(=O)O)c2)cc1. The first-order chi connectivity index (χ1) is 14.0. The zero-order chi connectivity index (χ0) is 22.3. The first kappa shape index (κ1) is 23.6. The molecule has 164 valence electrons. The van der Waals surface area contributed by atoms with E-state index in [0.29, 0.717) is 12.3 Å². The minimum Gasteiger partial charge on any atom is -0.480 e. The Kier molecular flexibility index (Phi) is 8.13. The molecule has 2 N–H and O–H groups in total. The van der Waals surface area contributed by atoms with Gasteiger partial charge in [0.05, 0.1) is 18.6 Å². The number of rotatable bonds is 9. The van der Waals surface area contributed by atoms with Gasteiger partial charge in [0.2, 0.25) is 0 Å². The molecule has 0 aliphatic rings. The Morgan fingerprint density at radius 1 is 1.27 bits per heavy atom. The Morgan fingerprint density at radius 2 is 1.93 bits per heavy atom. The van der Waals surface area contributed by atoms with Crippen molar-refractivity contribution in [3.05, 3.63) is 48.0 Å². The second kappa shape index (κ2) is 10.4. The number of alkyl carbamates (subject to hydrolysis) is 1. The maximum absolute atomic E-state index is 11.8. The van der Waals surface area contributed by atoms with Crippen molar-refractivity contribution in [2.75, 3.05) is 6.26 Å². The van der Waals surface area contributed by atoms with Gasteiger partial charge >= 0.3 is 12.1 Å². The lowest BCUT2D eigenvalue weighted by Crippen LogP contribution is -2.44. The second-order valence-electron chi connectivity index (χ2n) is 7.70. The summed E-state index contributed by atoms with van der Waals surface area (Å²) in [5.74, 6) is -1.18. The van der Waals surface area contributed by atoms with E-state index in [1.807, 2.05) is 12.1 Å². The average molecular weight is 438 g/mol. The van der Waals surface area contributed by atoms with Crippen LogP contribution in [0.4, 0.5) is 4.79 Å². The highest BCUT2D eigenvalue weighted by atomic mass is 32.2. The standard InChI is InChI=1S/C20H27N3O6S/c1-20(2,3)29-19(26)22-17(18(24)25)9-15-10-23(12-21-15)13-28-11-14-5-7-16(8-6-14)30(4)27/h5-8,10,12,17H,9,11,13H2,1-4H3,(H,22,26)(H,24,25)/t17-,30?/m0/s1. The Balaban J connectivity index is 1.86. The number of imidazole rings is 1. The van der Waals surface area contributed by atoms with Crippen LogP contribution in [0.1, 0.15) is 32.0 Å². The lowest BCUT2D eigenvalue weighted by molar-refractivity contribution is -0.139. The van der Waals surface area contributed by atoms with E-state index >= 15 is 0 Å². The van der Waals surface area contributed by atoms with Gasteiger partial charge in [0.15, 0.2) is 0 Å². The molecule has 0 aliphatic carbocycles. The molecular formula is C20H27N3O6S. The average Bonchev–Trinajstić information content (AvgIpc) is 3.07. The molecule has 2 rings (SSSR count). The van der Waals surface area contributed by atoms with Crippen LogP contribution in [0.5, 0.6) is 0 Å². The van der Waals surface area contributed by atoms with E-state index in [-0.39, 0.29) is 13.2 Å². The van der Waals surface area contributed by atoms with Crippen LogP contribution in [-0.4, -0.2) is 48.8 Å². The molecule has 1 aromatic heterocycles. The van der Waals surface area contributed by atoms with Gasteiger partial charge < -0.3 is 24.5 Å². The number of carbonyl (C=O) groups is 2. The van der Waals surface area contributed by atoms with Gasteiger partial charge in [-0.3, -0.25) is 4.21 Å². The lowest BCUT2D eigenvalue weighted by Gasteiger charge is -2.21. The van der Waals surface area contributed by atoms with Crippen molar-refractivity contribution in [2.24, 2.45) is 0 Å². The van der Waals surface area contributed by atoms with E-state index in [1.54, 1.807) is 49.9 Å². The summed E-state index contributed by atoms with van der Waals surface area (Å²) in [6.45, 7) is 5.68. The molecule has 9 nitrogen and oxygen atoms in total. The zero-order valence-electron chi connectivity index (χ0n) is 17.5. The summed E-state index contributed by atoms with van der Waals surface area (Å²) in [7, 11) is -1.02. The fraction of sp³-hybridized carbons (Fsp3) is 0.450. The predicted molar refractivity (Wildman–Crippen MR) is 110 cm³/mol. The molecule has 1 aromatic carbocycles. The third kappa shape index (κ3) is 7.96. The van der Waals surface area contributed by atoms with Crippen LogP contribution in [-0.2, 0) is 44.8 Å². The number of aromatic nitrogens is 2. The Bertz CT molecular complexity index is 889. The minimum atomic E-state index is -1.18. The number of amides is 1. The number of aliphatic carboxylic acids is 1. The molecule has 0 saturated heterocycles. The molecule has 1 heterocycles. The number of nitrogens with zero attached hydrogens (tertiary/aromatic N) is 2. The Morgan fingerprint density at radius 3 is 2.50 bits per heavy atom. The van der Waals surface area contributed by atoms with E-state index in [0.717, 1.165) is 10.5 Å². The molecule has 1 unspecified atom stereocenters. The van der Waals surface area contributed by atoms with E-state index in [1.165, 1.54) is 6.33 Å². The van der Waals surface area contributed by atoms with Gasteiger partial charge in [-0.05, 0) is 38.5 Å². The maximum atomic E-state index is 11.8. The zero-order valence-corrected chi connectivity index (χ0v) is 18.3. The predicted octanol–water partition coefficient (Wildman–Crippen LogP) is 2.32. The van der Waals surface area contributed by atoms with Gasteiger partial charge in [-0.1, -0.05) is 12.1 Å². The van der Waals surface area contributed by atoms with Crippen molar-refractivity contribution in [3.8, 4) is 0 Å². The van der Waals surface area contributed by atoms with Crippen LogP contribution in [0.15, 0.2) is 41.7 Å². The van der Waals surface area contributed by atoms with Gasteiger partial charge in [-0.25, -0.2) is 14.6 Å². The van der Waals surface area contributed by atoms with Gasteiger partial charge in [0.25, 0.3) is 0 Å². The lowest BCUT2D eigenvalue weighted by atomic mass is 10.1. The fourth-order valence-corrected chi connectivity index (χ4v) is 3.01. The molecule has 2 atom stereocenters. The number of benzene rings is 1. The minimum absolute atomic E-state index is 0.0111. The molecule has 10 heteroatoms. The summed E-state index contributed by atoms with van der Waals surface area (Å²) in [4.78, 5) is 28.2. The first-order valence-corrected chi connectivity index (χ1v) is 10.8. The van der Waals surface area contributed by atoms with Crippen LogP contribution in [0.3, 0.4) is 0 Å². The number of hydrogen-bond donors (Lipinski definition) is 2. The van der Waals surface area contributed by atoms with Crippen LogP contribution >= 0.6 is 0 Å². The topological polar surface area (TPSA) is 120 Å². The smallest absolute Gasteiger partial charge is 0.408 e. The molecule has 0 aliphatic heterocycles. The van der Waals surface area contributed by atoms with Gasteiger partial charge in [0.1, 0.15) is 18.4 Å². The number of ether oxygens (including phenoxy) is 2. The normalized spacial score (nSPS) is 13.5. The number of carbonyl (C=O) groups excluding carboxylic acids is 1. The number of nitrogens with one attached hydrogen (secondary N) is 1. The molecule has 0 fully saturated rings. The molecule has 0 spiro atoms. The van der Waals surface area contributed by atoms with Crippen molar-refractivity contribution in [1.82, 2.24) is 14.9 Å². The number of hydrogen-bond acceptors (Lipinski definition) is 6. The Labute approximate surface area is 177 Å². The summed E-state index contributed by atoms with van der Waals surface area (Å²) in [5.41, 5.74) is 0.717. The molecule has 1 amide bonds. The Hall–Kier alpha value is -2.72. The number of carboxylic acid groups (broad SMARTS) is 1. The summed E-state index contributed by atoms with van der Waals surface area (Å²) in [6, 6.07) is 6.15. The van der Waals surface area contributed by atoms with Gasteiger partial charge in [0, 0.05) is 34.6 Å². The van der Waals surface area contributed by atoms with E-state index in [4.69, 9.17) is 9.47 Å². The highest BCUT2D eigenvalue weighted by molar-refractivity contribution is 7.84. The summed E-state index contributed by atoms with van der Waals surface area (Å²) < 4.78 is 23.8.